The van der Waals surface area contributed by atoms with E-state index in [1.54, 1.807) is 54.9 Å². The van der Waals surface area contributed by atoms with Gasteiger partial charge in [0.15, 0.2) is 5.76 Å². The molecule has 6 aromatic rings. The lowest BCUT2D eigenvalue weighted by Gasteiger charge is -2.34. The molecule has 0 aliphatic carbocycles. The molecular weight excluding hydrogens is 797 g/mol. The highest BCUT2D eigenvalue weighted by Gasteiger charge is 2.40. The van der Waals surface area contributed by atoms with E-state index in [9.17, 15) is 32.8 Å². The summed E-state index contributed by atoms with van der Waals surface area (Å²) in [6, 6.07) is 18.6. The fourth-order valence-electron chi connectivity index (χ4n) is 8.90. The van der Waals surface area contributed by atoms with Crippen LogP contribution in [0.25, 0.3) is 33.4 Å². The van der Waals surface area contributed by atoms with Gasteiger partial charge in [-0.1, -0.05) is 37.2 Å². The number of benzene rings is 3. The van der Waals surface area contributed by atoms with Crippen LogP contribution in [0, 0.1) is 6.92 Å². The molecule has 2 N–H and O–H groups in total. The van der Waals surface area contributed by atoms with Crippen LogP contribution in [0.5, 0.6) is 0 Å². The van der Waals surface area contributed by atoms with Crippen molar-refractivity contribution in [3.05, 3.63) is 128 Å². The molecule has 1 fully saturated rings. The molecule has 3 aromatic carbocycles. The highest BCUT2D eigenvalue weighted by molar-refractivity contribution is 6.06. The van der Waals surface area contributed by atoms with Crippen molar-refractivity contribution in [1.29, 1.82) is 0 Å². The van der Waals surface area contributed by atoms with E-state index in [-0.39, 0.29) is 60.5 Å². The number of aryl methyl sites for hydroxylation is 3. The average molecular weight is 840 g/mol. The molecule has 13 nitrogen and oxygen atoms in total. The number of aromatic nitrogens is 3. The average Bonchev–Trinajstić information content (AvgIpc) is 3.88. The van der Waals surface area contributed by atoms with Crippen LogP contribution in [0.4, 0.5) is 20.2 Å². The predicted molar refractivity (Wildman–Crippen MR) is 227 cm³/mol. The SMILES string of the molecule is Cc1cc2c(N3CCCc4cc(-c5ccc(C(=O)NCc6cc(-c7cccc8c7CN(C7CCC(=O)NC7=O)C8=O)on6)nc5)c(C(F)F)cc43)cc(C(C)C)cc2n(C)c1=O. The number of alkyl halides is 2. The summed E-state index contributed by atoms with van der Waals surface area (Å²) in [4.78, 5) is 71.6. The third-order valence-electron chi connectivity index (χ3n) is 12.2. The second kappa shape index (κ2) is 15.8. The van der Waals surface area contributed by atoms with Gasteiger partial charge in [-0.3, -0.25) is 34.3 Å². The molecule has 4 amide bonds. The van der Waals surface area contributed by atoms with E-state index in [2.05, 4.69) is 45.6 Å². The Morgan fingerprint density at radius 1 is 0.968 bits per heavy atom. The Balaban J connectivity index is 0.927. The summed E-state index contributed by atoms with van der Waals surface area (Å²) in [5, 5.41) is 10.1. The van der Waals surface area contributed by atoms with E-state index < -0.39 is 24.3 Å². The zero-order valence-corrected chi connectivity index (χ0v) is 34.6. The molecule has 1 atom stereocenters. The highest BCUT2D eigenvalue weighted by atomic mass is 19.3. The van der Waals surface area contributed by atoms with E-state index in [1.165, 1.54) is 17.2 Å². The topological polar surface area (TPSA) is 160 Å². The van der Waals surface area contributed by atoms with Gasteiger partial charge in [-0.05, 0) is 96.8 Å². The molecule has 0 spiro atoms. The second-order valence-electron chi connectivity index (χ2n) is 16.5. The molecule has 0 saturated carbocycles. The van der Waals surface area contributed by atoms with E-state index in [1.807, 2.05) is 18.2 Å². The normalized spacial score (nSPS) is 16.3. The Hall–Kier alpha value is -7.03. The first-order valence-electron chi connectivity index (χ1n) is 20.6. The van der Waals surface area contributed by atoms with Gasteiger partial charge >= 0.3 is 0 Å². The van der Waals surface area contributed by atoms with E-state index >= 15 is 0 Å². The molecule has 6 heterocycles. The van der Waals surface area contributed by atoms with Crippen LogP contribution in [-0.4, -0.2) is 55.8 Å². The largest absolute Gasteiger partial charge is 0.356 e. The van der Waals surface area contributed by atoms with Crippen molar-refractivity contribution >= 4 is 45.9 Å². The van der Waals surface area contributed by atoms with Crippen LogP contribution in [0.15, 0.2) is 82.2 Å². The Morgan fingerprint density at radius 3 is 2.52 bits per heavy atom. The van der Waals surface area contributed by atoms with Crippen molar-refractivity contribution in [2.24, 2.45) is 7.05 Å². The molecule has 0 bridgehead atoms. The molecule has 1 unspecified atom stereocenters. The molecule has 9 rings (SSSR count). The number of amides is 4. The first-order chi connectivity index (χ1) is 29.8. The Kier molecular flexibility index (Phi) is 10.3. The first kappa shape index (κ1) is 40.4. The molecule has 316 valence electrons. The van der Waals surface area contributed by atoms with Gasteiger partial charge in [0.05, 0.1) is 17.7 Å². The highest BCUT2D eigenvalue weighted by Crippen LogP contribution is 2.44. The van der Waals surface area contributed by atoms with Crippen LogP contribution in [-0.2, 0) is 36.1 Å². The number of pyridine rings is 2. The number of nitrogens with one attached hydrogen (secondary N) is 2. The van der Waals surface area contributed by atoms with Crippen molar-refractivity contribution in [2.75, 3.05) is 11.4 Å². The standard InChI is InChI=1S/C47H43F2N7O6/c1-24(2)28-17-39-34(15-25(3)46(60)54(39)4)40(18-28)55-14-6-7-26-16-32(33(43(48)49)20-38(26)55)27-10-11-36(50-21-27)44(58)51-22-29-19-41(62-53-29)30-8-5-9-31-35(30)23-56(47(31)61)37-12-13-42(57)52-45(37)59/h5,8-11,15-21,24,37,43H,6-7,12-14,22-23H2,1-4H3,(H,51,58)(H,52,57,59). The maximum absolute atomic E-state index is 15.0. The van der Waals surface area contributed by atoms with Crippen molar-refractivity contribution in [1.82, 2.24) is 30.2 Å². The van der Waals surface area contributed by atoms with Crippen LogP contribution >= 0.6 is 0 Å². The van der Waals surface area contributed by atoms with Gasteiger partial charge in [0, 0.05) is 77.7 Å². The summed E-state index contributed by atoms with van der Waals surface area (Å²) >= 11 is 0. The molecule has 62 heavy (non-hydrogen) atoms. The molecule has 3 aromatic heterocycles. The van der Waals surface area contributed by atoms with Crippen molar-refractivity contribution in [3.8, 4) is 22.5 Å². The maximum Gasteiger partial charge on any atom is 0.270 e. The lowest BCUT2D eigenvalue weighted by Crippen LogP contribution is -2.52. The Morgan fingerprint density at radius 2 is 1.77 bits per heavy atom. The third kappa shape index (κ3) is 7.10. The molecule has 3 aliphatic heterocycles. The molecule has 15 heteroatoms. The molecule has 0 radical (unpaired) electrons. The minimum Gasteiger partial charge on any atom is -0.356 e. The number of nitrogens with zero attached hydrogens (tertiary/aromatic N) is 5. The summed E-state index contributed by atoms with van der Waals surface area (Å²) in [6.45, 7) is 6.72. The smallest absolute Gasteiger partial charge is 0.270 e. The fourth-order valence-corrected chi connectivity index (χ4v) is 8.90. The number of fused-ring (bicyclic) bond motifs is 3. The number of hydrogen-bond acceptors (Lipinski definition) is 9. The number of carbonyl (C=O) groups excluding carboxylic acids is 4. The second-order valence-corrected chi connectivity index (χ2v) is 16.5. The first-order valence-corrected chi connectivity index (χ1v) is 20.6. The zero-order chi connectivity index (χ0) is 43.6. The van der Waals surface area contributed by atoms with Crippen LogP contribution in [0.3, 0.4) is 0 Å². The Labute approximate surface area is 354 Å². The van der Waals surface area contributed by atoms with E-state index in [0.29, 0.717) is 63.5 Å². The summed E-state index contributed by atoms with van der Waals surface area (Å²) in [5.74, 6) is -1.15. The number of rotatable bonds is 9. The summed E-state index contributed by atoms with van der Waals surface area (Å²) in [6.07, 6.45) is 0.497. The maximum atomic E-state index is 15.0. The minimum absolute atomic E-state index is 0.00971. The summed E-state index contributed by atoms with van der Waals surface area (Å²) in [7, 11) is 1.76. The fraction of sp³-hybridized carbons (Fsp3) is 0.298. The van der Waals surface area contributed by atoms with Gasteiger partial charge in [0.2, 0.25) is 11.8 Å². The summed E-state index contributed by atoms with van der Waals surface area (Å²) < 4.78 is 37.2. The number of imide groups is 1. The number of halogens is 2. The van der Waals surface area contributed by atoms with Gasteiger partial charge in [-0.15, -0.1) is 0 Å². The van der Waals surface area contributed by atoms with E-state index in [0.717, 1.165) is 34.1 Å². The van der Waals surface area contributed by atoms with E-state index in [4.69, 9.17) is 4.52 Å². The van der Waals surface area contributed by atoms with Crippen LogP contribution in [0.1, 0.15) is 99.8 Å². The van der Waals surface area contributed by atoms with Gasteiger partial charge in [0.25, 0.3) is 23.8 Å². The van der Waals surface area contributed by atoms with Crippen molar-refractivity contribution < 1.29 is 32.5 Å². The van der Waals surface area contributed by atoms with Crippen molar-refractivity contribution in [3.63, 3.8) is 0 Å². The van der Waals surface area contributed by atoms with Crippen molar-refractivity contribution in [2.45, 2.75) is 77.9 Å². The molecule has 1 saturated heterocycles. The predicted octanol–water partition coefficient (Wildman–Crippen LogP) is 7.40. The van der Waals surface area contributed by atoms with Gasteiger partial charge in [-0.25, -0.2) is 8.78 Å². The zero-order valence-electron chi connectivity index (χ0n) is 34.6. The van der Waals surface area contributed by atoms with Crippen LogP contribution < -0.4 is 21.1 Å². The number of anilines is 2. The lowest BCUT2D eigenvalue weighted by atomic mass is 9.91. The quantitative estimate of drug-likeness (QED) is 0.142. The van der Waals surface area contributed by atoms with Gasteiger partial charge in [-0.2, -0.15) is 0 Å². The number of piperidine rings is 1. The third-order valence-corrected chi connectivity index (χ3v) is 12.2. The minimum atomic E-state index is -2.79. The molecular formula is C47H43F2N7O6. The number of hydrogen-bond donors (Lipinski definition) is 2. The lowest BCUT2D eigenvalue weighted by molar-refractivity contribution is -0.136. The monoisotopic (exact) mass is 839 g/mol. The number of carbonyl (C=O) groups is 4. The van der Waals surface area contributed by atoms with Gasteiger partial charge < -0.3 is 24.2 Å². The Bertz CT molecular complexity index is 2900. The van der Waals surface area contributed by atoms with Gasteiger partial charge in [0.1, 0.15) is 17.4 Å². The van der Waals surface area contributed by atoms with Crippen LogP contribution in [0.2, 0.25) is 0 Å². The summed E-state index contributed by atoms with van der Waals surface area (Å²) in [5.41, 5.74) is 7.65. The molecule has 3 aliphatic rings.